The van der Waals surface area contributed by atoms with Crippen LogP contribution in [0.15, 0.2) is 28.7 Å². The molecule has 0 aliphatic rings. The van der Waals surface area contributed by atoms with Gasteiger partial charge in [0.2, 0.25) is 0 Å². The highest BCUT2D eigenvalue weighted by Crippen LogP contribution is 2.27. The summed E-state index contributed by atoms with van der Waals surface area (Å²) in [5.74, 6) is 1.05. The summed E-state index contributed by atoms with van der Waals surface area (Å²) in [6, 6.07) is 7.97. The molecule has 1 aromatic carbocycles. The predicted octanol–water partition coefficient (Wildman–Crippen LogP) is 5.21. The van der Waals surface area contributed by atoms with Crippen LogP contribution in [-0.2, 0) is 6.42 Å². The molecule has 0 aliphatic heterocycles. The van der Waals surface area contributed by atoms with E-state index in [1.165, 1.54) is 25.7 Å². The van der Waals surface area contributed by atoms with Gasteiger partial charge >= 0.3 is 0 Å². The van der Waals surface area contributed by atoms with Crippen LogP contribution in [-0.4, -0.2) is 0 Å². The molecule has 86 valence electrons. The number of furan rings is 1. The lowest BCUT2D eigenvalue weighted by Gasteiger charge is -1.96. The van der Waals surface area contributed by atoms with Crippen molar-refractivity contribution in [2.45, 2.75) is 39.0 Å². The quantitative estimate of drug-likeness (QED) is 0.650. The second-order valence-electron chi connectivity index (χ2n) is 4.18. The zero-order valence-electron chi connectivity index (χ0n) is 9.63. The summed E-state index contributed by atoms with van der Waals surface area (Å²) in [7, 11) is 0. The number of benzene rings is 1. The van der Waals surface area contributed by atoms with Gasteiger partial charge in [-0.2, -0.15) is 0 Å². The van der Waals surface area contributed by atoms with Crippen LogP contribution in [0.2, 0.25) is 5.02 Å². The van der Waals surface area contributed by atoms with Crippen LogP contribution in [0.1, 0.15) is 38.4 Å². The van der Waals surface area contributed by atoms with Crippen molar-refractivity contribution in [3.63, 3.8) is 0 Å². The van der Waals surface area contributed by atoms with E-state index in [9.17, 15) is 0 Å². The molecule has 0 aliphatic carbocycles. The Bertz CT molecular complexity index is 459. The van der Waals surface area contributed by atoms with Crippen molar-refractivity contribution in [3.05, 3.63) is 35.0 Å². The summed E-state index contributed by atoms with van der Waals surface area (Å²) < 4.78 is 5.75. The molecule has 0 N–H and O–H groups in total. The van der Waals surface area contributed by atoms with E-state index in [1.54, 1.807) is 0 Å². The van der Waals surface area contributed by atoms with Gasteiger partial charge in [-0.1, -0.05) is 49.9 Å². The third-order valence-electron chi connectivity index (χ3n) is 2.82. The number of aryl methyl sites for hydroxylation is 1. The van der Waals surface area contributed by atoms with Gasteiger partial charge in [0.15, 0.2) is 5.58 Å². The molecule has 0 spiro atoms. The highest BCUT2D eigenvalue weighted by atomic mass is 35.5. The first kappa shape index (κ1) is 11.5. The number of halogens is 1. The van der Waals surface area contributed by atoms with Gasteiger partial charge < -0.3 is 4.42 Å². The Kier molecular flexibility index (Phi) is 3.89. The van der Waals surface area contributed by atoms with Gasteiger partial charge in [0.25, 0.3) is 0 Å². The topological polar surface area (TPSA) is 13.1 Å². The first-order chi connectivity index (χ1) is 7.81. The van der Waals surface area contributed by atoms with Gasteiger partial charge in [-0.3, -0.25) is 0 Å². The minimum Gasteiger partial charge on any atom is -0.460 e. The summed E-state index contributed by atoms with van der Waals surface area (Å²) >= 11 is 6.06. The average molecular weight is 237 g/mol. The largest absolute Gasteiger partial charge is 0.460 e. The summed E-state index contributed by atoms with van der Waals surface area (Å²) in [6.07, 6.45) is 6.07. The summed E-state index contributed by atoms with van der Waals surface area (Å²) in [4.78, 5) is 0. The van der Waals surface area contributed by atoms with E-state index in [-0.39, 0.29) is 0 Å². The Hall–Kier alpha value is -0.950. The number of fused-ring (bicyclic) bond motifs is 1. The third kappa shape index (κ3) is 2.59. The van der Waals surface area contributed by atoms with Crippen molar-refractivity contribution < 1.29 is 4.42 Å². The molecule has 2 aromatic rings. The monoisotopic (exact) mass is 236 g/mol. The van der Waals surface area contributed by atoms with E-state index < -0.39 is 0 Å². The van der Waals surface area contributed by atoms with Crippen molar-refractivity contribution in [3.8, 4) is 0 Å². The highest BCUT2D eigenvalue weighted by molar-refractivity contribution is 6.34. The maximum Gasteiger partial charge on any atom is 0.152 e. The SMILES string of the molecule is CCCCCCc1cc2cccc(Cl)c2o1. The maximum absolute atomic E-state index is 6.06. The lowest BCUT2D eigenvalue weighted by Crippen LogP contribution is -1.81. The number of para-hydroxylation sites is 1. The molecule has 0 unspecified atom stereocenters. The Balaban J connectivity index is 2.05. The number of hydrogen-bond donors (Lipinski definition) is 0. The molecule has 0 atom stereocenters. The second kappa shape index (κ2) is 5.40. The molecular weight excluding hydrogens is 220 g/mol. The minimum absolute atomic E-state index is 0.706. The Labute approximate surface area is 101 Å². The molecular formula is C14H17ClO. The first-order valence-corrected chi connectivity index (χ1v) is 6.36. The number of unbranched alkanes of at least 4 members (excludes halogenated alkanes) is 3. The van der Waals surface area contributed by atoms with Gasteiger partial charge in [-0.15, -0.1) is 0 Å². The van der Waals surface area contributed by atoms with Crippen LogP contribution in [0.4, 0.5) is 0 Å². The van der Waals surface area contributed by atoms with Gasteiger partial charge in [0.05, 0.1) is 5.02 Å². The van der Waals surface area contributed by atoms with Crippen molar-refractivity contribution >= 4 is 22.6 Å². The van der Waals surface area contributed by atoms with Crippen LogP contribution in [0.3, 0.4) is 0 Å². The average Bonchev–Trinajstić information content (AvgIpc) is 2.69. The lowest BCUT2D eigenvalue weighted by atomic mass is 10.1. The highest BCUT2D eigenvalue weighted by Gasteiger charge is 2.06. The van der Waals surface area contributed by atoms with Crippen LogP contribution in [0.5, 0.6) is 0 Å². The fraction of sp³-hybridized carbons (Fsp3) is 0.429. The van der Waals surface area contributed by atoms with Crippen molar-refractivity contribution in [1.29, 1.82) is 0 Å². The summed E-state index contributed by atoms with van der Waals surface area (Å²) in [6.45, 7) is 2.22. The molecule has 1 nitrogen and oxygen atoms in total. The Morgan fingerprint density at radius 1 is 1.19 bits per heavy atom. The maximum atomic E-state index is 6.06. The molecule has 0 bridgehead atoms. The molecule has 0 saturated heterocycles. The van der Waals surface area contributed by atoms with Gasteiger partial charge in [-0.05, 0) is 18.6 Å². The summed E-state index contributed by atoms with van der Waals surface area (Å²) in [5, 5.41) is 1.82. The molecule has 0 amide bonds. The zero-order valence-corrected chi connectivity index (χ0v) is 10.4. The van der Waals surface area contributed by atoms with Crippen molar-refractivity contribution in [2.24, 2.45) is 0 Å². The summed E-state index contributed by atoms with van der Waals surface area (Å²) in [5.41, 5.74) is 0.828. The van der Waals surface area contributed by atoms with Crippen molar-refractivity contribution in [1.82, 2.24) is 0 Å². The van der Waals surface area contributed by atoms with Crippen LogP contribution < -0.4 is 0 Å². The number of hydrogen-bond acceptors (Lipinski definition) is 1. The molecule has 1 heterocycles. The second-order valence-corrected chi connectivity index (χ2v) is 4.59. The molecule has 16 heavy (non-hydrogen) atoms. The molecule has 2 rings (SSSR count). The van der Waals surface area contributed by atoms with E-state index in [1.807, 2.05) is 18.2 Å². The molecule has 0 radical (unpaired) electrons. The third-order valence-corrected chi connectivity index (χ3v) is 3.12. The fourth-order valence-corrected chi connectivity index (χ4v) is 2.15. The molecule has 1 aromatic heterocycles. The normalized spacial score (nSPS) is 11.1. The van der Waals surface area contributed by atoms with Crippen molar-refractivity contribution in [2.75, 3.05) is 0 Å². The van der Waals surface area contributed by atoms with E-state index >= 15 is 0 Å². The Morgan fingerprint density at radius 3 is 2.81 bits per heavy atom. The standard InChI is InChI=1S/C14H17ClO/c1-2-3-4-5-8-12-10-11-7-6-9-13(15)14(11)16-12/h6-7,9-10H,2-5,8H2,1H3. The number of rotatable bonds is 5. The van der Waals surface area contributed by atoms with E-state index in [2.05, 4.69) is 13.0 Å². The van der Waals surface area contributed by atoms with Crippen LogP contribution >= 0.6 is 11.6 Å². The van der Waals surface area contributed by atoms with Gasteiger partial charge in [-0.25, -0.2) is 0 Å². The Morgan fingerprint density at radius 2 is 2.06 bits per heavy atom. The van der Waals surface area contributed by atoms with Gasteiger partial charge in [0.1, 0.15) is 5.76 Å². The van der Waals surface area contributed by atoms with E-state index in [4.69, 9.17) is 16.0 Å². The predicted molar refractivity (Wildman–Crippen MR) is 69.1 cm³/mol. The van der Waals surface area contributed by atoms with Crippen LogP contribution in [0.25, 0.3) is 11.0 Å². The first-order valence-electron chi connectivity index (χ1n) is 5.98. The zero-order chi connectivity index (χ0) is 11.4. The van der Waals surface area contributed by atoms with E-state index in [0.29, 0.717) is 5.02 Å². The van der Waals surface area contributed by atoms with Gasteiger partial charge in [0, 0.05) is 11.8 Å². The molecule has 0 fully saturated rings. The minimum atomic E-state index is 0.706. The van der Waals surface area contributed by atoms with Crippen LogP contribution in [0, 0.1) is 0 Å². The lowest BCUT2D eigenvalue weighted by molar-refractivity contribution is 0.527. The fourth-order valence-electron chi connectivity index (χ4n) is 1.93. The smallest absolute Gasteiger partial charge is 0.152 e. The molecule has 0 saturated carbocycles. The molecule has 2 heteroatoms. The van der Waals surface area contributed by atoms with E-state index in [0.717, 1.165) is 23.2 Å².